The van der Waals surface area contributed by atoms with Crippen molar-refractivity contribution in [3.63, 3.8) is 0 Å². The number of β-amino-alcohol motifs (C(OH)–C–C–N with tert-alkyl or cyclic N) is 1. The molecule has 0 saturated carbocycles. The molecule has 0 spiro atoms. The number of para-hydroxylation sites is 1. The fraction of sp³-hybridized carbons (Fsp3) is 0.458. The van der Waals surface area contributed by atoms with Crippen LogP contribution in [0.25, 0.3) is 0 Å². The topological polar surface area (TPSA) is 65.0 Å². The van der Waals surface area contributed by atoms with Crippen LogP contribution in [0.5, 0.6) is 5.75 Å². The molecule has 1 aliphatic heterocycles. The van der Waals surface area contributed by atoms with Gasteiger partial charge in [0, 0.05) is 44.8 Å². The number of amides is 1. The molecule has 7 heteroatoms. The summed E-state index contributed by atoms with van der Waals surface area (Å²) in [5.41, 5.74) is 3.03. The number of aliphatic hydroxyl groups is 1. The third-order valence-corrected chi connectivity index (χ3v) is 5.58. The highest BCUT2D eigenvalue weighted by Gasteiger charge is 2.21. The predicted molar refractivity (Wildman–Crippen MR) is 120 cm³/mol. The predicted octanol–water partition coefficient (Wildman–Crippen LogP) is 2.83. The summed E-state index contributed by atoms with van der Waals surface area (Å²) in [5.74, 6) is 0.305. The standard InChI is InChI=1S/C24H32FN3O3/c1-18-4-3-5-19(2)24(18)26-23(30)17-28-13-11-27(12-14-28)16-21(29)10-15-31-22-8-6-20(25)7-9-22/h3-9,21,29H,10-17H2,1-2H3,(H,26,30). The van der Waals surface area contributed by atoms with E-state index in [4.69, 9.17) is 4.74 Å². The van der Waals surface area contributed by atoms with E-state index in [2.05, 4.69) is 15.1 Å². The molecule has 2 N–H and O–H groups in total. The number of nitrogens with one attached hydrogen (secondary N) is 1. The van der Waals surface area contributed by atoms with E-state index in [1.54, 1.807) is 12.1 Å². The smallest absolute Gasteiger partial charge is 0.238 e. The van der Waals surface area contributed by atoms with E-state index >= 15 is 0 Å². The maximum atomic E-state index is 12.9. The van der Waals surface area contributed by atoms with Crippen LogP contribution in [-0.4, -0.2) is 72.8 Å². The van der Waals surface area contributed by atoms with Crippen LogP contribution in [0.1, 0.15) is 17.5 Å². The molecule has 1 amide bonds. The van der Waals surface area contributed by atoms with E-state index in [1.807, 2.05) is 32.0 Å². The van der Waals surface area contributed by atoms with Crippen LogP contribution >= 0.6 is 0 Å². The molecule has 1 heterocycles. The third-order valence-electron chi connectivity index (χ3n) is 5.58. The van der Waals surface area contributed by atoms with Gasteiger partial charge in [-0.2, -0.15) is 0 Å². The molecule has 1 atom stereocenters. The van der Waals surface area contributed by atoms with E-state index in [0.717, 1.165) is 43.0 Å². The van der Waals surface area contributed by atoms with Crippen LogP contribution in [0.4, 0.5) is 10.1 Å². The van der Waals surface area contributed by atoms with Crippen molar-refractivity contribution in [3.8, 4) is 5.75 Å². The van der Waals surface area contributed by atoms with E-state index in [-0.39, 0.29) is 11.7 Å². The molecule has 6 nitrogen and oxygen atoms in total. The SMILES string of the molecule is Cc1cccc(C)c1NC(=O)CN1CCN(CC(O)CCOc2ccc(F)cc2)CC1. The number of hydrogen-bond donors (Lipinski definition) is 2. The second-order valence-corrected chi connectivity index (χ2v) is 8.14. The van der Waals surface area contributed by atoms with Gasteiger partial charge in [0.1, 0.15) is 11.6 Å². The van der Waals surface area contributed by atoms with Gasteiger partial charge in [0.05, 0.1) is 19.3 Å². The summed E-state index contributed by atoms with van der Waals surface area (Å²) in [6.45, 7) is 8.53. The third kappa shape index (κ3) is 7.31. The Bertz CT molecular complexity index is 831. The second-order valence-electron chi connectivity index (χ2n) is 8.14. The van der Waals surface area contributed by atoms with Crippen molar-refractivity contribution in [1.29, 1.82) is 0 Å². The number of aryl methyl sites for hydroxylation is 2. The number of carbonyl (C=O) groups excluding carboxylic acids is 1. The molecule has 0 aromatic heterocycles. The van der Waals surface area contributed by atoms with Crippen molar-refractivity contribution in [2.45, 2.75) is 26.4 Å². The van der Waals surface area contributed by atoms with Crippen molar-refractivity contribution < 1.29 is 19.0 Å². The highest BCUT2D eigenvalue weighted by Crippen LogP contribution is 2.19. The lowest BCUT2D eigenvalue weighted by Gasteiger charge is -2.35. The average Bonchev–Trinajstić information content (AvgIpc) is 2.74. The summed E-state index contributed by atoms with van der Waals surface area (Å²) in [6.07, 6.45) is 0.0230. The quantitative estimate of drug-likeness (QED) is 0.642. The van der Waals surface area contributed by atoms with E-state index < -0.39 is 6.10 Å². The Morgan fingerprint density at radius 2 is 1.68 bits per heavy atom. The first kappa shape index (κ1) is 23.2. The second kappa shape index (κ2) is 11.2. The van der Waals surface area contributed by atoms with Crippen molar-refractivity contribution >= 4 is 11.6 Å². The molecule has 0 radical (unpaired) electrons. The van der Waals surface area contributed by atoms with Gasteiger partial charge in [0.2, 0.25) is 5.91 Å². The maximum Gasteiger partial charge on any atom is 0.238 e. The molecule has 1 aliphatic rings. The number of piperazine rings is 1. The molecule has 0 aliphatic carbocycles. The summed E-state index contributed by atoms with van der Waals surface area (Å²) < 4.78 is 18.4. The zero-order chi connectivity index (χ0) is 22.2. The average molecular weight is 430 g/mol. The molecule has 2 aromatic rings. The lowest BCUT2D eigenvalue weighted by Crippen LogP contribution is -2.50. The Morgan fingerprint density at radius 1 is 1.06 bits per heavy atom. The molecule has 0 bridgehead atoms. The molecular formula is C24H32FN3O3. The summed E-state index contributed by atoms with van der Waals surface area (Å²) in [5, 5.41) is 13.3. The van der Waals surface area contributed by atoms with Gasteiger partial charge >= 0.3 is 0 Å². The number of rotatable bonds is 9. The normalized spacial score (nSPS) is 16.1. The fourth-order valence-corrected chi connectivity index (χ4v) is 3.76. The summed E-state index contributed by atoms with van der Waals surface area (Å²) in [4.78, 5) is 16.8. The lowest BCUT2D eigenvalue weighted by atomic mass is 10.1. The molecule has 1 saturated heterocycles. The lowest BCUT2D eigenvalue weighted by molar-refractivity contribution is -0.117. The van der Waals surface area contributed by atoms with Crippen LogP contribution in [0.2, 0.25) is 0 Å². The van der Waals surface area contributed by atoms with Crippen LogP contribution in [0.15, 0.2) is 42.5 Å². The summed E-state index contributed by atoms with van der Waals surface area (Å²) in [7, 11) is 0. The monoisotopic (exact) mass is 429 g/mol. The largest absolute Gasteiger partial charge is 0.493 e. The van der Waals surface area contributed by atoms with Gasteiger partial charge < -0.3 is 15.2 Å². The molecule has 1 unspecified atom stereocenters. The Hall–Kier alpha value is -2.48. The number of carbonyl (C=O) groups is 1. The minimum absolute atomic E-state index is 0.00354. The minimum atomic E-state index is -0.487. The zero-order valence-corrected chi connectivity index (χ0v) is 18.3. The first-order chi connectivity index (χ1) is 14.9. The summed E-state index contributed by atoms with van der Waals surface area (Å²) >= 11 is 0. The number of ether oxygens (including phenoxy) is 1. The van der Waals surface area contributed by atoms with E-state index in [9.17, 15) is 14.3 Å². The van der Waals surface area contributed by atoms with Crippen LogP contribution in [0, 0.1) is 19.7 Å². The van der Waals surface area contributed by atoms with Crippen LogP contribution < -0.4 is 10.1 Å². The molecule has 1 fully saturated rings. The van der Waals surface area contributed by atoms with Crippen LogP contribution in [-0.2, 0) is 4.79 Å². The number of hydrogen-bond acceptors (Lipinski definition) is 5. The van der Waals surface area contributed by atoms with E-state index in [0.29, 0.717) is 31.9 Å². The number of anilines is 1. The van der Waals surface area contributed by atoms with Gasteiger partial charge in [0.25, 0.3) is 0 Å². The van der Waals surface area contributed by atoms with Gasteiger partial charge in [-0.15, -0.1) is 0 Å². The Kier molecular flexibility index (Phi) is 8.40. The Morgan fingerprint density at radius 3 is 2.32 bits per heavy atom. The minimum Gasteiger partial charge on any atom is -0.493 e. The highest BCUT2D eigenvalue weighted by atomic mass is 19.1. The van der Waals surface area contributed by atoms with Gasteiger partial charge in [0.15, 0.2) is 0 Å². The summed E-state index contributed by atoms with van der Waals surface area (Å²) in [6, 6.07) is 11.9. The van der Waals surface area contributed by atoms with Crippen molar-refractivity contribution in [1.82, 2.24) is 9.80 Å². The number of benzene rings is 2. The number of aliphatic hydroxyl groups excluding tert-OH is 1. The number of nitrogens with zero attached hydrogens (tertiary/aromatic N) is 2. The van der Waals surface area contributed by atoms with Gasteiger partial charge in [-0.1, -0.05) is 18.2 Å². The van der Waals surface area contributed by atoms with Crippen LogP contribution in [0.3, 0.4) is 0 Å². The molecule has 168 valence electrons. The molecule has 31 heavy (non-hydrogen) atoms. The molecule has 3 rings (SSSR count). The van der Waals surface area contributed by atoms with Crippen molar-refractivity contribution in [2.75, 3.05) is 51.2 Å². The fourth-order valence-electron chi connectivity index (χ4n) is 3.76. The molecule has 2 aromatic carbocycles. The highest BCUT2D eigenvalue weighted by molar-refractivity contribution is 5.93. The van der Waals surface area contributed by atoms with Crippen molar-refractivity contribution in [3.05, 3.63) is 59.4 Å². The first-order valence-corrected chi connectivity index (χ1v) is 10.8. The van der Waals surface area contributed by atoms with Gasteiger partial charge in [-0.25, -0.2) is 4.39 Å². The zero-order valence-electron chi connectivity index (χ0n) is 18.3. The Balaban J connectivity index is 1.33. The first-order valence-electron chi connectivity index (χ1n) is 10.8. The van der Waals surface area contributed by atoms with E-state index in [1.165, 1.54) is 12.1 Å². The number of halogens is 1. The van der Waals surface area contributed by atoms with Gasteiger partial charge in [-0.3, -0.25) is 14.6 Å². The maximum absolute atomic E-state index is 12.9. The Labute approximate surface area is 183 Å². The molecular weight excluding hydrogens is 397 g/mol. The van der Waals surface area contributed by atoms with Crippen molar-refractivity contribution in [2.24, 2.45) is 0 Å². The van der Waals surface area contributed by atoms with Gasteiger partial charge in [-0.05, 0) is 49.2 Å².